The van der Waals surface area contributed by atoms with Crippen LogP contribution >= 0.6 is 0 Å². The Morgan fingerprint density at radius 2 is 1.93 bits per heavy atom. The predicted molar refractivity (Wildman–Crippen MR) is 107 cm³/mol. The number of carbonyl (C=O) groups excluding carboxylic acids is 1. The van der Waals surface area contributed by atoms with Crippen LogP contribution in [0.25, 0.3) is 0 Å². The van der Waals surface area contributed by atoms with Crippen LogP contribution in [0.5, 0.6) is 11.5 Å². The molecule has 1 fully saturated rings. The lowest BCUT2D eigenvalue weighted by Crippen LogP contribution is -2.39. The molecule has 1 saturated heterocycles. The minimum Gasteiger partial charge on any atom is -0.497 e. The summed E-state index contributed by atoms with van der Waals surface area (Å²) in [5.74, 6) is 1.89. The number of piperidine rings is 1. The molecule has 1 aliphatic rings. The zero-order chi connectivity index (χ0) is 19.2. The Hall–Kier alpha value is -2.76. The molecule has 0 radical (unpaired) electrons. The van der Waals surface area contributed by atoms with Crippen molar-refractivity contribution in [1.29, 1.82) is 0 Å². The highest BCUT2D eigenvalue weighted by Crippen LogP contribution is 2.26. The molecule has 1 unspecified atom stereocenters. The molecular formula is C21H27N3O3. The molecule has 3 rings (SSSR count). The molecule has 6 nitrogen and oxygen atoms in total. The van der Waals surface area contributed by atoms with E-state index in [1.807, 2.05) is 12.1 Å². The van der Waals surface area contributed by atoms with Crippen LogP contribution in [0.2, 0.25) is 0 Å². The summed E-state index contributed by atoms with van der Waals surface area (Å²) in [5, 5.41) is 2.89. The Balaban J connectivity index is 1.72. The molecule has 27 heavy (non-hydrogen) atoms. The smallest absolute Gasteiger partial charge is 0.255 e. The lowest BCUT2D eigenvalue weighted by Gasteiger charge is -2.36. The average Bonchev–Trinajstić information content (AvgIpc) is 2.73. The number of ether oxygens (including phenoxy) is 2. The van der Waals surface area contributed by atoms with Gasteiger partial charge in [0, 0.05) is 24.2 Å². The monoisotopic (exact) mass is 369 g/mol. The maximum atomic E-state index is 12.6. The Morgan fingerprint density at radius 3 is 2.52 bits per heavy atom. The third kappa shape index (κ3) is 4.51. The van der Waals surface area contributed by atoms with E-state index in [4.69, 9.17) is 9.47 Å². The second-order valence-corrected chi connectivity index (χ2v) is 6.71. The van der Waals surface area contributed by atoms with Gasteiger partial charge in [0.05, 0.1) is 26.1 Å². The summed E-state index contributed by atoms with van der Waals surface area (Å²) >= 11 is 0. The number of nitrogens with zero attached hydrogens (tertiary/aromatic N) is 2. The Labute approximate surface area is 160 Å². The first-order chi connectivity index (χ1) is 13.1. The van der Waals surface area contributed by atoms with Crippen molar-refractivity contribution in [3.05, 3.63) is 42.1 Å². The minimum absolute atomic E-state index is 0.230. The SMILES string of the molecule is CCC1CCCCN1c1ccc(NC(=O)c2cc(OC)cc(OC)c2)cn1. The van der Waals surface area contributed by atoms with Gasteiger partial charge in [-0.25, -0.2) is 4.98 Å². The lowest BCUT2D eigenvalue weighted by atomic mass is 10.00. The highest BCUT2D eigenvalue weighted by atomic mass is 16.5. The summed E-state index contributed by atoms with van der Waals surface area (Å²) in [6, 6.07) is 9.53. The maximum absolute atomic E-state index is 12.6. The van der Waals surface area contributed by atoms with Gasteiger partial charge in [-0.3, -0.25) is 4.79 Å². The van der Waals surface area contributed by atoms with Crippen molar-refractivity contribution in [3.63, 3.8) is 0 Å². The molecule has 6 heteroatoms. The molecule has 0 saturated carbocycles. The number of rotatable bonds is 6. The van der Waals surface area contributed by atoms with Crippen LogP contribution in [-0.4, -0.2) is 37.7 Å². The van der Waals surface area contributed by atoms with Crippen molar-refractivity contribution >= 4 is 17.4 Å². The van der Waals surface area contributed by atoms with Gasteiger partial charge in [0.25, 0.3) is 5.91 Å². The lowest BCUT2D eigenvalue weighted by molar-refractivity contribution is 0.102. The van der Waals surface area contributed by atoms with E-state index in [1.54, 1.807) is 38.6 Å². The van der Waals surface area contributed by atoms with Gasteiger partial charge in [-0.1, -0.05) is 6.92 Å². The Kier molecular flexibility index (Phi) is 6.16. The second-order valence-electron chi connectivity index (χ2n) is 6.71. The molecule has 2 heterocycles. The van der Waals surface area contributed by atoms with Crippen LogP contribution in [0.15, 0.2) is 36.5 Å². The van der Waals surface area contributed by atoms with E-state index in [9.17, 15) is 4.79 Å². The van der Waals surface area contributed by atoms with E-state index < -0.39 is 0 Å². The largest absolute Gasteiger partial charge is 0.497 e. The summed E-state index contributed by atoms with van der Waals surface area (Å²) in [6.07, 6.45) is 6.54. The zero-order valence-electron chi connectivity index (χ0n) is 16.2. The average molecular weight is 369 g/mol. The van der Waals surface area contributed by atoms with Crippen molar-refractivity contribution in [2.45, 2.75) is 38.6 Å². The number of hydrogen-bond donors (Lipinski definition) is 1. The summed E-state index contributed by atoms with van der Waals surface area (Å²) in [4.78, 5) is 19.5. The van der Waals surface area contributed by atoms with Crippen LogP contribution < -0.4 is 19.7 Å². The number of pyridine rings is 1. The van der Waals surface area contributed by atoms with Gasteiger partial charge < -0.3 is 19.7 Å². The number of hydrogen-bond acceptors (Lipinski definition) is 5. The van der Waals surface area contributed by atoms with Crippen LogP contribution in [0.3, 0.4) is 0 Å². The van der Waals surface area contributed by atoms with Gasteiger partial charge in [-0.05, 0) is 49.9 Å². The van der Waals surface area contributed by atoms with Crippen molar-refractivity contribution < 1.29 is 14.3 Å². The number of benzene rings is 1. The molecule has 1 atom stereocenters. The molecule has 0 spiro atoms. The molecule has 1 aromatic heterocycles. The predicted octanol–water partition coefficient (Wildman–Crippen LogP) is 4.12. The normalized spacial score (nSPS) is 16.7. The first-order valence-electron chi connectivity index (χ1n) is 9.41. The van der Waals surface area contributed by atoms with Crippen molar-refractivity contribution in [2.75, 3.05) is 31.0 Å². The van der Waals surface area contributed by atoms with E-state index in [1.165, 1.54) is 19.3 Å². The number of amides is 1. The van der Waals surface area contributed by atoms with Gasteiger partial charge in [0.1, 0.15) is 17.3 Å². The fraction of sp³-hybridized carbons (Fsp3) is 0.429. The van der Waals surface area contributed by atoms with Gasteiger partial charge in [-0.2, -0.15) is 0 Å². The molecular weight excluding hydrogens is 342 g/mol. The van der Waals surface area contributed by atoms with Crippen molar-refractivity contribution in [3.8, 4) is 11.5 Å². The molecule has 1 N–H and O–H groups in total. The third-order valence-electron chi connectivity index (χ3n) is 5.01. The third-order valence-corrected chi connectivity index (χ3v) is 5.01. The minimum atomic E-state index is -0.230. The standard InChI is InChI=1S/C21H27N3O3/c1-4-17-7-5-6-10-24(17)20-9-8-16(14-22-20)23-21(25)15-11-18(26-2)13-19(12-15)27-3/h8-9,11-14,17H,4-7,10H2,1-3H3,(H,23,25). The second kappa shape index (κ2) is 8.75. The molecule has 0 bridgehead atoms. The Morgan fingerprint density at radius 1 is 1.19 bits per heavy atom. The number of carbonyl (C=O) groups is 1. The first kappa shape index (κ1) is 19.0. The van der Waals surface area contributed by atoms with Crippen molar-refractivity contribution in [2.24, 2.45) is 0 Å². The van der Waals surface area contributed by atoms with Crippen LogP contribution in [0.1, 0.15) is 43.0 Å². The summed E-state index contributed by atoms with van der Waals surface area (Å²) < 4.78 is 10.4. The highest BCUT2D eigenvalue weighted by molar-refractivity contribution is 6.04. The van der Waals surface area contributed by atoms with Crippen LogP contribution in [0.4, 0.5) is 11.5 Å². The number of nitrogens with one attached hydrogen (secondary N) is 1. The number of methoxy groups -OCH3 is 2. The van der Waals surface area contributed by atoms with E-state index >= 15 is 0 Å². The summed E-state index contributed by atoms with van der Waals surface area (Å²) in [7, 11) is 3.12. The van der Waals surface area contributed by atoms with Crippen LogP contribution in [0, 0.1) is 0 Å². The van der Waals surface area contributed by atoms with E-state index in [0.29, 0.717) is 28.8 Å². The quantitative estimate of drug-likeness (QED) is 0.830. The first-order valence-corrected chi connectivity index (χ1v) is 9.41. The highest BCUT2D eigenvalue weighted by Gasteiger charge is 2.21. The summed E-state index contributed by atoms with van der Waals surface area (Å²) in [6.45, 7) is 3.26. The van der Waals surface area contributed by atoms with Crippen molar-refractivity contribution in [1.82, 2.24) is 4.98 Å². The van der Waals surface area contributed by atoms with E-state index in [-0.39, 0.29) is 5.91 Å². The number of anilines is 2. The fourth-order valence-corrected chi connectivity index (χ4v) is 3.50. The molecule has 144 valence electrons. The zero-order valence-corrected chi connectivity index (χ0v) is 16.2. The molecule has 0 aliphatic carbocycles. The van der Waals surface area contributed by atoms with E-state index in [0.717, 1.165) is 18.8 Å². The topological polar surface area (TPSA) is 63.7 Å². The fourth-order valence-electron chi connectivity index (χ4n) is 3.50. The van der Waals surface area contributed by atoms with Gasteiger partial charge in [-0.15, -0.1) is 0 Å². The molecule has 1 aromatic carbocycles. The van der Waals surface area contributed by atoms with Gasteiger partial charge >= 0.3 is 0 Å². The van der Waals surface area contributed by atoms with E-state index in [2.05, 4.69) is 22.1 Å². The van der Waals surface area contributed by atoms with Gasteiger partial charge in [0.2, 0.25) is 0 Å². The van der Waals surface area contributed by atoms with Crippen LogP contribution in [-0.2, 0) is 0 Å². The molecule has 1 aliphatic heterocycles. The maximum Gasteiger partial charge on any atom is 0.255 e. The van der Waals surface area contributed by atoms with Gasteiger partial charge in [0.15, 0.2) is 0 Å². The Bertz CT molecular complexity index is 754. The number of aromatic nitrogens is 1. The molecule has 2 aromatic rings. The molecule has 1 amide bonds. The summed E-state index contributed by atoms with van der Waals surface area (Å²) in [5.41, 5.74) is 1.13.